The molecule has 0 heterocycles. The van der Waals surface area contributed by atoms with E-state index in [1.807, 2.05) is 66.7 Å². The Morgan fingerprint density at radius 2 is 1.75 bits per heavy atom. The average molecular weight is 504 g/mol. The maximum absolute atomic E-state index is 5.89. The summed E-state index contributed by atoms with van der Waals surface area (Å²) < 4.78 is 13.2. The Labute approximate surface area is 181 Å². The molecule has 0 atom stereocenters. The van der Waals surface area contributed by atoms with Gasteiger partial charge < -0.3 is 14.9 Å². The minimum Gasteiger partial charge on any atom is -0.496 e. The first-order chi connectivity index (χ1) is 13.7. The number of nitrogens with one attached hydrogen (secondary N) is 1. The Kier molecular flexibility index (Phi) is 7.51. The number of benzene rings is 3. The molecule has 0 radical (unpaired) electrons. The van der Waals surface area contributed by atoms with Crippen LogP contribution in [0.2, 0.25) is 0 Å². The second-order valence-corrected chi connectivity index (χ2v) is 7.78. The van der Waals surface area contributed by atoms with Crippen molar-refractivity contribution in [2.75, 3.05) is 7.11 Å². The number of hydrogen-bond donors (Lipinski definition) is 1. The molecule has 0 fully saturated rings. The second-order valence-electron chi connectivity index (χ2n) is 6.01. The van der Waals surface area contributed by atoms with Gasteiger partial charge in [-0.05, 0) is 63.5 Å². The Balaban J connectivity index is 1.54. The lowest BCUT2D eigenvalue weighted by molar-refractivity contribution is 0.304. The zero-order chi connectivity index (χ0) is 19.8. The maximum atomic E-state index is 5.89. The molecule has 0 bridgehead atoms. The van der Waals surface area contributed by atoms with Crippen molar-refractivity contribution in [2.24, 2.45) is 5.10 Å². The quantitative estimate of drug-likeness (QED) is 0.306. The van der Waals surface area contributed by atoms with Crippen molar-refractivity contribution in [3.63, 3.8) is 0 Å². The van der Waals surface area contributed by atoms with Crippen molar-refractivity contribution in [3.05, 3.63) is 92.4 Å². The monoisotopic (exact) mass is 502 g/mol. The number of methoxy groups -OCH3 is 1. The summed E-state index contributed by atoms with van der Waals surface area (Å²) in [4.78, 5) is 0. The summed E-state index contributed by atoms with van der Waals surface area (Å²) >= 11 is 7.00. The van der Waals surface area contributed by atoms with Crippen LogP contribution >= 0.6 is 31.9 Å². The van der Waals surface area contributed by atoms with Crippen LogP contribution in [-0.4, -0.2) is 13.3 Å². The van der Waals surface area contributed by atoms with Crippen LogP contribution in [0.4, 0.5) is 0 Å². The van der Waals surface area contributed by atoms with Crippen molar-refractivity contribution in [2.45, 2.75) is 13.2 Å². The van der Waals surface area contributed by atoms with E-state index in [1.54, 1.807) is 13.3 Å². The number of para-hydroxylation sites is 1. The Morgan fingerprint density at radius 1 is 0.964 bits per heavy atom. The third-order valence-electron chi connectivity index (χ3n) is 4.03. The van der Waals surface area contributed by atoms with Crippen LogP contribution in [0.1, 0.15) is 16.7 Å². The first kappa shape index (κ1) is 20.4. The number of nitrogens with zero attached hydrogens (tertiary/aromatic N) is 1. The predicted molar refractivity (Wildman–Crippen MR) is 120 cm³/mol. The molecule has 0 aromatic heterocycles. The zero-order valence-electron chi connectivity index (χ0n) is 15.4. The molecule has 0 saturated carbocycles. The highest BCUT2D eigenvalue weighted by Gasteiger charge is 2.03. The van der Waals surface area contributed by atoms with Gasteiger partial charge in [-0.3, -0.25) is 0 Å². The van der Waals surface area contributed by atoms with Gasteiger partial charge in [-0.2, -0.15) is 5.10 Å². The molecular weight excluding hydrogens is 484 g/mol. The third kappa shape index (κ3) is 5.84. The highest BCUT2D eigenvalue weighted by Crippen LogP contribution is 2.26. The van der Waals surface area contributed by atoms with Gasteiger partial charge in [0.1, 0.15) is 18.1 Å². The van der Waals surface area contributed by atoms with Crippen LogP contribution in [0, 0.1) is 0 Å². The van der Waals surface area contributed by atoms with Gasteiger partial charge in [-0.1, -0.05) is 46.3 Å². The summed E-state index contributed by atoms with van der Waals surface area (Å²) in [6.45, 7) is 1.11. The van der Waals surface area contributed by atoms with E-state index >= 15 is 0 Å². The van der Waals surface area contributed by atoms with Crippen LogP contribution in [0.25, 0.3) is 0 Å². The van der Waals surface area contributed by atoms with E-state index in [-0.39, 0.29) is 0 Å². The summed E-state index contributed by atoms with van der Waals surface area (Å²) in [5.74, 6) is 1.64. The average Bonchev–Trinajstić information content (AvgIpc) is 2.72. The lowest BCUT2D eigenvalue weighted by Crippen LogP contribution is -2.06. The van der Waals surface area contributed by atoms with Crippen molar-refractivity contribution in [1.82, 2.24) is 5.43 Å². The van der Waals surface area contributed by atoms with Gasteiger partial charge in [-0.15, -0.1) is 0 Å². The topological polar surface area (TPSA) is 42.8 Å². The minimum atomic E-state index is 0.514. The first-order valence-electron chi connectivity index (χ1n) is 8.70. The molecule has 144 valence electrons. The van der Waals surface area contributed by atoms with Gasteiger partial charge in [0.15, 0.2) is 0 Å². The molecule has 0 aliphatic heterocycles. The molecule has 6 heteroatoms. The molecule has 1 N–H and O–H groups in total. The van der Waals surface area contributed by atoms with Crippen LogP contribution in [0.15, 0.2) is 80.8 Å². The van der Waals surface area contributed by atoms with Gasteiger partial charge in [0.25, 0.3) is 0 Å². The van der Waals surface area contributed by atoms with Gasteiger partial charge in [0.2, 0.25) is 0 Å². The van der Waals surface area contributed by atoms with E-state index in [1.165, 1.54) is 0 Å². The molecule has 3 rings (SSSR count). The molecule has 3 aromatic rings. The largest absolute Gasteiger partial charge is 0.496 e. The number of halogens is 2. The standard InChI is InChI=1S/C22H20Br2N2O2/c1-27-21-5-3-2-4-18(21)14-26-25-13-17-8-11-22(20(24)12-17)28-15-16-6-9-19(23)10-7-16/h2-13,26H,14-15H2,1H3/b25-13+. The lowest BCUT2D eigenvalue weighted by Gasteiger charge is -2.09. The summed E-state index contributed by atoms with van der Waals surface area (Å²) in [6.07, 6.45) is 1.78. The van der Waals surface area contributed by atoms with Gasteiger partial charge in [0, 0.05) is 10.0 Å². The van der Waals surface area contributed by atoms with Crippen LogP contribution in [-0.2, 0) is 13.2 Å². The molecule has 4 nitrogen and oxygen atoms in total. The van der Waals surface area contributed by atoms with Crippen molar-refractivity contribution < 1.29 is 9.47 Å². The molecule has 28 heavy (non-hydrogen) atoms. The Hall–Kier alpha value is -2.31. The highest BCUT2D eigenvalue weighted by atomic mass is 79.9. The fraction of sp³-hybridized carbons (Fsp3) is 0.136. The molecule has 0 spiro atoms. The molecule has 0 aliphatic carbocycles. The van der Waals surface area contributed by atoms with E-state index in [2.05, 4.69) is 42.4 Å². The molecule has 0 aliphatic rings. The van der Waals surface area contributed by atoms with Crippen LogP contribution in [0.5, 0.6) is 11.5 Å². The van der Waals surface area contributed by atoms with E-state index in [0.29, 0.717) is 13.2 Å². The van der Waals surface area contributed by atoms with Crippen LogP contribution < -0.4 is 14.9 Å². The Bertz CT molecular complexity index is 944. The lowest BCUT2D eigenvalue weighted by atomic mass is 10.2. The van der Waals surface area contributed by atoms with Crippen LogP contribution in [0.3, 0.4) is 0 Å². The Morgan fingerprint density at radius 3 is 2.50 bits per heavy atom. The number of rotatable bonds is 8. The van der Waals surface area contributed by atoms with E-state index in [9.17, 15) is 0 Å². The number of ether oxygens (including phenoxy) is 2. The van der Waals surface area contributed by atoms with Gasteiger partial charge >= 0.3 is 0 Å². The smallest absolute Gasteiger partial charge is 0.134 e. The first-order valence-corrected chi connectivity index (χ1v) is 10.3. The van der Waals surface area contributed by atoms with E-state index in [4.69, 9.17) is 9.47 Å². The second kappa shape index (κ2) is 10.3. The van der Waals surface area contributed by atoms with E-state index < -0.39 is 0 Å². The highest BCUT2D eigenvalue weighted by molar-refractivity contribution is 9.10. The summed E-state index contributed by atoms with van der Waals surface area (Å²) in [6, 6.07) is 21.8. The summed E-state index contributed by atoms with van der Waals surface area (Å²) in [7, 11) is 1.67. The molecule has 0 saturated heterocycles. The van der Waals surface area contributed by atoms with Crippen molar-refractivity contribution in [1.29, 1.82) is 0 Å². The minimum absolute atomic E-state index is 0.514. The fourth-order valence-corrected chi connectivity index (χ4v) is 3.33. The SMILES string of the molecule is COc1ccccc1CN/N=C/c1ccc(OCc2ccc(Br)cc2)c(Br)c1. The summed E-state index contributed by atoms with van der Waals surface area (Å²) in [5.41, 5.74) is 6.19. The zero-order valence-corrected chi connectivity index (χ0v) is 18.5. The molecule has 3 aromatic carbocycles. The van der Waals surface area contributed by atoms with E-state index in [0.717, 1.165) is 37.1 Å². The molecular formula is C22H20Br2N2O2. The predicted octanol–water partition coefficient (Wildman–Crippen LogP) is 5.92. The van der Waals surface area contributed by atoms with Crippen molar-refractivity contribution in [3.8, 4) is 11.5 Å². The van der Waals surface area contributed by atoms with Gasteiger partial charge in [0.05, 0.1) is 24.3 Å². The molecule has 0 unspecified atom stereocenters. The summed E-state index contributed by atoms with van der Waals surface area (Å²) in [5, 5.41) is 4.29. The normalized spacial score (nSPS) is 10.8. The maximum Gasteiger partial charge on any atom is 0.134 e. The number of hydrazone groups is 1. The third-order valence-corrected chi connectivity index (χ3v) is 5.18. The van der Waals surface area contributed by atoms with Crippen molar-refractivity contribution >= 4 is 38.1 Å². The fourth-order valence-electron chi connectivity index (χ4n) is 2.56. The molecule has 0 amide bonds. The van der Waals surface area contributed by atoms with Gasteiger partial charge in [-0.25, -0.2) is 0 Å². The number of hydrogen-bond acceptors (Lipinski definition) is 4.